The van der Waals surface area contributed by atoms with E-state index in [-0.39, 0.29) is 10.6 Å². The van der Waals surface area contributed by atoms with Gasteiger partial charge in [-0.25, -0.2) is 8.42 Å². The zero-order valence-corrected chi connectivity index (χ0v) is 18.3. The summed E-state index contributed by atoms with van der Waals surface area (Å²) in [6.07, 6.45) is 0. The molecule has 3 rings (SSSR count). The van der Waals surface area contributed by atoms with Gasteiger partial charge < -0.3 is 9.47 Å². The van der Waals surface area contributed by atoms with Crippen LogP contribution in [0.1, 0.15) is 13.8 Å². The molecule has 1 heterocycles. The van der Waals surface area contributed by atoms with Gasteiger partial charge in [0.1, 0.15) is 10.6 Å². The number of halogens is 1. The van der Waals surface area contributed by atoms with Crippen LogP contribution in [0.5, 0.6) is 11.6 Å². The standard InChI is InChI=1S/C20H20BrN3O4S/c1-3-27-18-10-8-15(21)13-19(18)29(25,26)24-16-7-5-6-14(12-16)17-9-11-20(23-22-17)28-4-2/h5-13,24H,3-4H2,1-2H3. The van der Waals surface area contributed by atoms with Crippen molar-refractivity contribution in [3.05, 3.63) is 59.1 Å². The monoisotopic (exact) mass is 477 g/mol. The van der Waals surface area contributed by atoms with Gasteiger partial charge in [0.15, 0.2) is 0 Å². The lowest BCUT2D eigenvalue weighted by molar-refractivity contribution is 0.323. The highest BCUT2D eigenvalue weighted by molar-refractivity contribution is 9.10. The average molecular weight is 478 g/mol. The molecule has 0 fully saturated rings. The lowest BCUT2D eigenvalue weighted by Gasteiger charge is -2.13. The van der Waals surface area contributed by atoms with Crippen molar-refractivity contribution in [1.82, 2.24) is 10.2 Å². The van der Waals surface area contributed by atoms with Gasteiger partial charge in [0.2, 0.25) is 5.88 Å². The Morgan fingerprint density at radius 3 is 2.45 bits per heavy atom. The first kappa shape index (κ1) is 21.1. The van der Waals surface area contributed by atoms with Crippen molar-refractivity contribution >= 4 is 31.6 Å². The summed E-state index contributed by atoms with van der Waals surface area (Å²) >= 11 is 3.31. The largest absolute Gasteiger partial charge is 0.492 e. The molecule has 0 radical (unpaired) electrons. The summed E-state index contributed by atoms with van der Waals surface area (Å²) in [5.74, 6) is 0.725. The number of nitrogens with one attached hydrogen (secondary N) is 1. The van der Waals surface area contributed by atoms with E-state index in [1.165, 1.54) is 6.07 Å². The minimum atomic E-state index is -3.86. The van der Waals surface area contributed by atoms with Crippen LogP contribution in [0.4, 0.5) is 5.69 Å². The second-order valence-electron chi connectivity index (χ2n) is 5.90. The molecule has 0 unspecified atom stereocenters. The Hall–Kier alpha value is -2.65. The Balaban J connectivity index is 1.89. The predicted molar refractivity (Wildman–Crippen MR) is 115 cm³/mol. The first-order chi connectivity index (χ1) is 13.9. The molecule has 2 aromatic carbocycles. The average Bonchev–Trinajstić information content (AvgIpc) is 2.70. The van der Waals surface area contributed by atoms with Gasteiger partial charge in [-0.05, 0) is 50.2 Å². The van der Waals surface area contributed by atoms with Gasteiger partial charge >= 0.3 is 0 Å². The van der Waals surface area contributed by atoms with Crippen LogP contribution in [-0.4, -0.2) is 31.8 Å². The quantitative estimate of drug-likeness (QED) is 0.513. The van der Waals surface area contributed by atoms with Gasteiger partial charge in [0.25, 0.3) is 10.0 Å². The van der Waals surface area contributed by atoms with Crippen LogP contribution >= 0.6 is 15.9 Å². The topological polar surface area (TPSA) is 90.4 Å². The van der Waals surface area contributed by atoms with E-state index in [1.54, 1.807) is 49.4 Å². The molecule has 0 saturated heterocycles. The first-order valence-electron chi connectivity index (χ1n) is 8.95. The lowest BCUT2D eigenvalue weighted by atomic mass is 10.1. The maximum atomic E-state index is 13.0. The molecule has 0 aliphatic rings. The second-order valence-corrected chi connectivity index (χ2v) is 8.47. The molecule has 152 valence electrons. The van der Waals surface area contributed by atoms with E-state index in [1.807, 2.05) is 13.0 Å². The molecule has 0 saturated carbocycles. The number of hydrogen-bond donors (Lipinski definition) is 1. The number of hydrogen-bond acceptors (Lipinski definition) is 6. The van der Waals surface area contributed by atoms with Gasteiger partial charge in [-0.15, -0.1) is 10.2 Å². The van der Waals surface area contributed by atoms with E-state index in [0.717, 1.165) is 5.56 Å². The van der Waals surface area contributed by atoms with Gasteiger partial charge in [-0.2, -0.15) is 0 Å². The molecule has 0 aliphatic heterocycles. The zero-order chi connectivity index (χ0) is 20.9. The van der Waals surface area contributed by atoms with Crippen molar-refractivity contribution in [1.29, 1.82) is 0 Å². The van der Waals surface area contributed by atoms with Crippen molar-refractivity contribution in [3.8, 4) is 22.9 Å². The number of aromatic nitrogens is 2. The Morgan fingerprint density at radius 1 is 0.966 bits per heavy atom. The predicted octanol–water partition coefficient (Wildman–Crippen LogP) is 4.50. The molecule has 7 nitrogen and oxygen atoms in total. The fourth-order valence-electron chi connectivity index (χ4n) is 2.62. The van der Waals surface area contributed by atoms with Gasteiger partial charge in [-0.1, -0.05) is 28.1 Å². The fourth-order valence-corrected chi connectivity index (χ4v) is 4.35. The highest BCUT2D eigenvalue weighted by atomic mass is 79.9. The summed E-state index contributed by atoms with van der Waals surface area (Å²) in [4.78, 5) is 0.0555. The van der Waals surface area contributed by atoms with Crippen LogP contribution in [0.2, 0.25) is 0 Å². The van der Waals surface area contributed by atoms with Crippen LogP contribution in [0.15, 0.2) is 64.0 Å². The summed E-state index contributed by atoms with van der Waals surface area (Å²) in [6.45, 7) is 4.53. The van der Waals surface area contributed by atoms with E-state index in [9.17, 15) is 8.42 Å². The molecule has 0 spiro atoms. The molecule has 0 bridgehead atoms. The molecule has 29 heavy (non-hydrogen) atoms. The van der Waals surface area contributed by atoms with Gasteiger partial charge in [-0.3, -0.25) is 4.72 Å². The molecule has 1 N–H and O–H groups in total. The minimum absolute atomic E-state index is 0.0555. The fraction of sp³-hybridized carbons (Fsp3) is 0.200. The van der Waals surface area contributed by atoms with E-state index in [2.05, 4.69) is 30.8 Å². The summed E-state index contributed by atoms with van der Waals surface area (Å²) < 4.78 is 39.9. The second kappa shape index (κ2) is 9.23. The van der Waals surface area contributed by atoms with Crippen molar-refractivity contribution < 1.29 is 17.9 Å². The molecule has 0 aliphatic carbocycles. The molecular formula is C20H20BrN3O4S. The Morgan fingerprint density at radius 2 is 1.76 bits per heavy atom. The van der Waals surface area contributed by atoms with Crippen LogP contribution in [0.3, 0.4) is 0 Å². The molecule has 3 aromatic rings. The third-order valence-electron chi connectivity index (χ3n) is 3.84. The number of nitrogens with zero attached hydrogens (tertiary/aromatic N) is 2. The normalized spacial score (nSPS) is 11.1. The summed E-state index contributed by atoms with van der Waals surface area (Å²) in [7, 11) is -3.86. The van der Waals surface area contributed by atoms with Crippen LogP contribution in [0.25, 0.3) is 11.3 Å². The van der Waals surface area contributed by atoms with E-state index in [4.69, 9.17) is 9.47 Å². The molecule has 0 atom stereocenters. The molecule has 0 amide bonds. The molecular weight excluding hydrogens is 458 g/mol. The van der Waals surface area contributed by atoms with Crippen molar-refractivity contribution in [2.24, 2.45) is 0 Å². The van der Waals surface area contributed by atoms with Crippen LogP contribution in [-0.2, 0) is 10.0 Å². The number of rotatable bonds is 8. The van der Waals surface area contributed by atoms with Crippen LogP contribution < -0.4 is 14.2 Å². The van der Waals surface area contributed by atoms with E-state index in [0.29, 0.717) is 34.9 Å². The summed E-state index contributed by atoms with van der Waals surface area (Å²) in [6, 6.07) is 15.3. The van der Waals surface area contributed by atoms with Gasteiger partial charge in [0.05, 0.1) is 18.9 Å². The Labute approximate surface area is 178 Å². The summed E-state index contributed by atoms with van der Waals surface area (Å²) in [5.41, 5.74) is 1.73. The SMILES string of the molecule is CCOc1ccc(-c2cccc(NS(=O)(=O)c3cc(Br)ccc3OCC)c2)nn1. The van der Waals surface area contributed by atoms with Gasteiger partial charge in [0, 0.05) is 21.8 Å². The maximum Gasteiger partial charge on any atom is 0.265 e. The number of ether oxygens (including phenoxy) is 2. The Bertz CT molecular complexity index is 1090. The van der Waals surface area contributed by atoms with Crippen molar-refractivity contribution in [2.45, 2.75) is 18.7 Å². The highest BCUT2D eigenvalue weighted by Gasteiger charge is 2.20. The highest BCUT2D eigenvalue weighted by Crippen LogP contribution is 2.30. The smallest absolute Gasteiger partial charge is 0.265 e. The van der Waals surface area contributed by atoms with E-state index >= 15 is 0 Å². The van der Waals surface area contributed by atoms with E-state index < -0.39 is 10.0 Å². The summed E-state index contributed by atoms with van der Waals surface area (Å²) in [5, 5.41) is 8.14. The molecule has 1 aromatic heterocycles. The molecule has 9 heteroatoms. The third-order valence-corrected chi connectivity index (χ3v) is 5.73. The minimum Gasteiger partial charge on any atom is -0.492 e. The van der Waals surface area contributed by atoms with Crippen molar-refractivity contribution in [2.75, 3.05) is 17.9 Å². The number of benzene rings is 2. The lowest BCUT2D eigenvalue weighted by Crippen LogP contribution is -2.14. The Kier molecular flexibility index (Phi) is 6.71. The van der Waals surface area contributed by atoms with Crippen molar-refractivity contribution in [3.63, 3.8) is 0 Å². The number of anilines is 1. The first-order valence-corrected chi connectivity index (χ1v) is 11.2. The zero-order valence-electron chi connectivity index (χ0n) is 15.9. The maximum absolute atomic E-state index is 13.0. The van der Waals surface area contributed by atoms with Crippen LogP contribution in [0, 0.1) is 0 Å². The third kappa shape index (κ3) is 5.24. The number of sulfonamides is 1.